The number of thioether (sulfide) groups is 1. The average molecular weight is 129 g/mol. The van der Waals surface area contributed by atoms with Crippen molar-refractivity contribution in [1.82, 2.24) is 0 Å². The van der Waals surface area contributed by atoms with Gasteiger partial charge < -0.3 is 0 Å². The summed E-state index contributed by atoms with van der Waals surface area (Å²) in [6, 6.07) is 0. The van der Waals surface area contributed by atoms with Crippen molar-refractivity contribution in [2.24, 2.45) is 4.99 Å². The molecule has 0 bridgehead atoms. The Morgan fingerprint density at radius 2 is 2.50 bits per heavy atom. The van der Waals surface area contributed by atoms with Gasteiger partial charge in [-0.1, -0.05) is 13.5 Å². The van der Waals surface area contributed by atoms with E-state index in [-0.39, 0.29) is 0 Å². The highest BCUT2D eigenvalue weighted by atomic mass is 32.2. The molecule has 0 saturated heterocycles. The molecule has 0 aromatic rings. The van der Waals surface area contributed by atoms with Crippen molar-refractivity contribution in [3.05, 3.63) is 11.6 Å². The van der Waals surface area contributed by atoms with Crippen LogP contribution in [0, 0.1) is 0 Å². The van der Waals surface area contributed by atoms with Crippen molar-refractivity contribution in [1.29, 1.82) is 0 Å². The van der Waals surface area contributed by atoms with Gasteiger partial charge in [0.25, 0.3) is 0 Å². The lowest BCUT2D eigenvalue weighted by molar-refractivity contribution is 1.31. The summed E-state index contributed by atoms with van der Waals surface area (Å²) in [6.07, 6.45) is 4.81. The van der Waals surface area contributed by atoms with E-state index in [1.54, 1.807) is 11.8 Å². The molecule has 0 fully saturated rings. The monoisotopic (exact) mass is 129 g/mol. The van der Waals surface area contributed by atoms with E-state index in [2.05, 4.69) is 18.5 Å². The Bertz CT molecular complexity index is 96.7. The van der Waals surface area contributed by atoms with E-state index in [0.29, 0.717) is 0 Å². The Morgan fingerprint density at radius 1 is 1.88 bits per heavy atom. The third kappa shape index (κ3) is 3.93. The van der Waals surface area contributed by atoms with E-state index < -0.39 is 0 Å². The lowest BCUT2D eigenvalue weighted by Crippen LogP contribution is -1.68. The molecule has 0 aromatic carbocycles. The molecule has 0 radical (unpaired) electrons. The molecule has 0 heterocycles. The molecule has 0 aliphatic rings. The molecule has 0 rings (SSSR count). The highest BCUT2D eigenvalue weighted by Crippen LogP contribution is 2.07. The zero-order valence-electron chi connectivity index (χ0n) is 5.35. The zero-order chi connectivity index (χ0) is 6.41. The first-order valence-electron chi connectivity index (χ1n) is 2.56. The van der Waals surface area contributed by atoms with Gasteiger partial charge >= 0.3 is 0 Å². The zero-order valence-corrected chi connectivity index (χ0v) is 6.16. The predicted octanol–water partition coefficient (Wildman–Crippen LogP) is 2.30. The maximum absolute atomic E-state index is 4.00. The normalized spacial score (nSPS) is 10.2. The van der Waals surface area contributed by atoms with Gasteiger partial charge in [-0.3, -0.25) is 4.99 Å². The minimum Gasteiger partial charge on any atom is -0.255 e. The Kier molecular flexibility index (Phi) is 4.76. The first-order valence-corrected chi connectivity index (χ1v) is 3.79. The predicted molar refractivity (Wildman–Crippen MR) is 41.4 cm³/mol. The number of aliphatic imine (C=N–C) groups is 1. The van der Waals surface area contributed by atoms with E-state index >= 15 is 0 Å². The van der Waals surface area contributed by atoms with Gasteiger partial charge in [0.2, 0.25) is 0 Å². The van der Waals surface area contributed by atoms with Gasteiger partial charge in [-0.05, 0) is 12.7 Å². The van der Waals surface area contributed by atoms with Gasteiger partial charge in [-0.25, -0.2) is 0 Å². The first-order chi connectivity index (χ1) is 3.81. The second-order valence-corrected chi connectivity index (χ2v) is 2.20. The topological polar surface area (TPSA) is 12.4 Å². The Balaban J connectivity index is 3.37. The SMILES string of the molecule is C=C(/N=C\CC)SC. The molecular formula is C6H11NS. The quantitative estimate of drug-likeness (QED) is 0.533. The standard InChI is InChI=1S/C6H11NS/c1-4-5-7-6(2)8-3/h5H,2,4H2,1,3H3/b7-5-. The summed E-state index contributed by atoms with van der Waals surface area (Å²) >= 11 is 1.57. The Hall–Kier alpha value is -0.240. The van der Waals surface area contributed by atoms with Gasteiger partial charge in [0, 0.05) is 6.21 Å². The summed E-state index contributed by atoms with van der Waals surface area (Å²) in [5.74, 6) is 0. The lowest BCUT2D eigenvalue weighted by atomic mass is 10.5. The molecule has 0 atom stereocenters. The molecule has 8 heavy (non-hydrogen) atoms. The third-order valence-electron chi connectivity index (χ3n) is 0.653. The minimum absolute atomic E-state index is 0.881. The van der Waals surface area contributed by atoms with Gasteiger partial charge in [-0.15, -0.1) is 11.8 Å². The van der Waals surface area contributed by atoms with E-state index in [0.717, 1.165) is 11.4 Å². The average Bonchev–Trinajstić information content (AvgIpc) is 1.83. The smallest absolute Gasteiger partial charge is 0.0881 e. The molecule has 2 heteroatoms. The van der Waals surface area contributed by atoms with Crippen LogP contribution in [0.2, 0.25) is 0 Å². The van der Waals surface area contributed by atoms with Crippen LogP contribution < -0.4 is 0 Å². The van der Waals surface area contributed by atoms with Crippen molar-refractivity contribution >= 4 is 18.0 Å². The van der Waals surface area contributed by atoms with Crippen LogP contribution in [0.3, 0.4) is 0 Å². The highest BCUT2D eigenvalue weighted by Gasteiger charge is 1.78. The molecule has 1 nitrogen and oxygen atoms in total. The largest absolute Gasteiger partial charge is 0.255 e. The van der Waals surface area contributed by atoms with Crippen LogP contribution in [0.4, 0.5) is 0 Å². The van der Waals surface area contributed by atoms with Gasteiger partial charge in [0.15, 0.2) is 0 Å². The van der Waals surface area contributed by atoms with E-state index in [1.165, 1.54) is 0 Å². The minimum atomic E-state index is 0.881. The number of nitrogens with zero attached hydrogens (tertiary/aromatic N) is 1. The van der Waals surface area contributed by atoms with E-state index in [9.17, 15) is 0 Å². The van der Waals surface area contributed by atoms with Gasteiger partial charge in [0.05, 0.1) is 5.03 Å². The maximum atomic E-state index is 4.00. The van der Waals surface area contributed by atoms with Crippen LogP contribution in [-0.2, 0) is 0 Å². The number of rotatable bonds is 3. The van der Waals surface area contributed by atoms with Gasteiger partial charge in [-0.2, -0.15) is 0 Å². The highest BCUT2D eigenvalue weighted by molar-refractivity contribution is 8.02. The van der Waals surface area contributed by atoms with Crippen LogP contribution in [-0.4, -0.2) is 12.5 Å². The summed E-state index contributed by atoms with van der Waals surface area (Å²) in [5, 5.41) is 0.881. The molecule has 0 aliphatic carbocycles. The number of hydrogen-bond donors (Lipinski definition) is 0. The summed E-state index contributed by atoms with van der Waals surface area (Å²) in [4.78, 5) is 4.00. The molecule has 0 N–H and O–H groups in total. The molecule has 0 aromatic heterocycles. The first kappa shape index (κ1) is 7.76. The summed E-state index contributed by atoms with van der Waals surface area (Å²) in [7, 11) is 0. The van der Waals surface area contributed by atoms with Crippen LogP contribution in [0.25, 0.3) is 0 Å². The lowest BCUT2D eigenvalue weighted by Gasteiger charge is -1.87. The molecule has 0 aliphatic heterocycles. The molecule has 0 saturated carbocycles. The van der Waals surface area contributed by atoms with Crippen LogP contribution in [0.5, 0.6) is 0 Å². The molecular weight excluding hydrogens is 118 g/mol. The van der Waals surface area contributed by atoms with Crippen molar-refractivity contribution in [3.8, 4) is 0 Å². The molecule has 0 unspecified atom stereocenters. The third-order valence-corrected chi connectivity index (χ3v) is 1.23. The maximum Gasteiger partial charge on any atom is 0.0881 e. The van der Waals surface area contributed by atoms with Crippen molar-refractivity contribution < 1.29 is 0 Å². The van der Waals surface area contributed by atoms with Crippen molar-refractivity contribution in [2.45, 2.75) is 13.3 Å². The Morgan fingerprint density at radius 3 is 2.88 bits per heavy atom. The molecule has 0 spiro atoms. The van der Waals surface area contributed by atoms with E-state index in [4.69, 9.17) is 0 Å². The molecule has 46 valence electrons. The Labute approximate surface area is 54.9 Å². The van der Waals surface area contributed by atoms with Crippen molar-refractivity contribution in [2.75, 3.05) is 6.26 Å². The molecule has 0 amide bonds. The van der Waals surface area contributed by atoms with Gasteiger partial charge in [0.1, 0.15) is 0 Å². The van der Waals surface area contributed by atoms with Crippen LogP contribution >= 0.6 is 11.8 Å². The van der Waals surface area contributed by atoms with Crippen LogP contribution in [0.15, 0.2) is 16.6 Å². The fourth-order valence-corrected chi connectivity index (χ4v) is 0.426. The summed E-state index contributed by atoms with van der Waals surface area (Å²) < 4.78 is 0. The fraction of sp³-hybridized carbons (Fsp3) is 0.500. The number of hydrogen-bond acceptors (Lipinski definition) is 2. The second-order valence-electron chi connectivity index (χ2n) is 1.32. The summed E-state index contributed by atoms with van der Waals surface area (Å²) in [6.45, 7) is 5.73. The second kappa shape index (κ2) is 4.91. The summed E-state index contributed by atoms with van der Waals surface area (Å²) in [5.41, 5.74) is 0. The van der Waals surface area contributed by atoms with E-state index in [1.807, 2.05) is 12.5 Å². The van der Waals surface area contributed by atoms with Crippen LogP contribution in [0.1, 0.15) is 13.3 Å². The fourth-order valence-electron chi connectivity index (χ4n) is 0.246. The van der Waals surface area contributed by atoms with Crippen molar-refractivity contribution in [3.63, 3.8) is 0 Å².